The van der Waals surface area contributed by atoms with Gasteiger partial charge in [0.05, 0.1) is 0 Å². The second kappa shape index (κ2) is 5.55. The zero-order valence-corrected chi connectivity index (χ0v) is 10.0. The van der Waals surface area contributed by atoms with E-state index in [2.05, 4.69) is 43.8 Å². The highest BCUT2D eigenvalue weighted by atomic mass is 14.1. The molecule has 0 heteroatoms. The van der Waals surface area contributed by atoms with Gasteiger partial charge in [0.2, 0.25) is 0 Å². The summed E-state index contributed by atoms with van der Waals surface area (Å²) in [4.78, 5) is 0. The number of hydrogen-bond acceptors (Lipinski definition) is 0. The molecular formula is C15H20. The smallest absolute Gasteiger partial charge is 0.00288 e. The SMILES string of the molecule is C=C1C=C(C)Cc2ccccc2C1.CC. The molecule has 0 spiro atoms. The average molecular weight is 200 g/mol. The third-order valence-corrected chi connectivity index (χ3v) is 2.46. The first kappa shape index (κ1) is 11.8. The van der Waals surface area contributed by atoms with Gasteiger partial charge >= 0.3 is 0 Å². The molecule has 0 unspecified atom stereocenters. The Morgan fingerprint density at radius 3 is 2.13 bits per heavy atom. The number of benzene rings is 1. The van der Waals surface area contributed by atoms with E-state index in [1.807, 2.05) is 13.8 Å². The molecule has 0 saturated heterocycles. The lowest BCUT2D eigenvalue weighted by Crippen LogP contribution is -1.91. The van der Waals surface area contributed by atoms with Crippen LogP contribution in [0.2, 0.25) is 0 Å². The van der Waals surface area contributed by atoms with Gasteiger partial charge in [-0.3, -0.25) is 0 Å². The Labute approximate surface area is 93.3 Å². The Hall–Kier alpha value is -1.30. The van der Waals surface area contributed by atoms with Gasteiger partial charge in [0.15, 0.2) is 0 Å². The van der Waals surface area contributed by atoms with Crippen molar-refractivity contribution in [2.45, 2.75) is 33.6 Å². The van der Waals surface area contributed by atoms with Crippen LogP contribution in [0, 0.1) is 0 Å². The van der Waals surface area contributed by atoms with Gasteiger partial charge in [-0.1, -0.05) is 61.9 Å². The molecule has 2 rings (SSSR count). The van der Waals surface area contributed by atoms with Crippen LogP contribution < -0.4 is 0 Å². The molecular weight excluding hydrogens is 180 g/mol. The fourth-order valence-corrected chi connectivity index (χ4v) is 1.90. The Kier molecular flexibility index (Phi) is 4.36. The zero-order valence-electron chi connectivity index (χ0n) is 10.0. The summed E-state index contributed by atoms with van der Waals surface area (Å²) in [6.45, 7) is 10.2. The van der Waals surface area contributed by atoms with Gasteiger partial charge in [-0.15, -0.1) is 0 Å². The number of rotatable bonds is 0. The van der Waals surface area contributed by atoms with Gasteiger partial charge in [-0.25, -0.2) is 0 Å². The minimum Gasteiger partial charge on any atom is -0.0955 e. The van der Waals surface area contributed by atoms with Crippen LogP contribution in [0.1, 0.15) is 31.9 Å². The van der Waals surface area contributed by atoms with Crippen molar-refractivity contribution in [1.82, 2.24) is 0 Å². The lowest BCUT2D eigenvalue weighted by atomic mass is 10.0. The van der Waals surface area contributed by atoms with Crippen LogP contribution in [0.25, 0.3) is 0 Å². The van der Waals surface area contributed by atoms with Crippen molar-refractivity contribution in [2.75, 3.05) is 0 Å². The van der Waals surface area contributed by atoms with Gasteiger partial charge in [-0.2, -0.15) is 0 Å². The zero-order chi connectivity index (χ0) is 11.3. The minimum atomic E-state index is 1.01. The molecule has 1 aliphatic carbocycles. The van der Waals surface area contributed by atoms with Crippen molar-refractivity contribution in [3.05, 3.63) is 59.2 Å². The molecule has 0 amide bonds. The Balaban J connectivity index is 0.000000531. The molecule has 0 aromatic heterocycles. The van der Waals surface area contributed by atoms with Crippen LogP contribution in [0.15, 0.2) is 48.1 Å². The van der Waals surface area contributed by atoms with Gasteiger partial charge in [0.25, 0.3) is 0 Å². The summed E-state index contributed by atoms with van der Waals surface area (Å²) in [5.41, 5.74) is 5.52. The highest BCUT2D eigenvalue weighted by Crippen LogP contribution is 2.21. The monoisotopic (exact) mass is 200 g/mol. The first-order valence-corrected chi connectivity index (χ1v) is 5.67. The highest BCUT2D eigenvalue weighted by molar-refractivity contribution is 5.40. The molecule has 0 radical (unpaired) electrons. The van der Waals surface area contributed by atoms with Crippen molar-refractivity contribution >= 4 is 0 Å². The average Bonchev–Trinajstić information content (AvgIpc) is 2.37. The van der Waals surface area contributed by atoms with Gasteiger partial charge in [-0.05, 0) is 30.9 Å². The highest BCUT2D eigenvalue weighted by Gasteiger charge is 2.07. The summed E-state index contributed by atoms with van der Waals surface area (Å²) in [7, 11) is 0. The van der Waals surface area contributed by atoms with Gasteiger partial charge in [0, 0.05) is 0 Å². The molecule has 1 aromatic rings. The molecule has 80 valence electrons. The van der Waals surface area contributed by atoms with E-state index in [0.717, 1.165) is 12.8 Å². The number of allylic oxidation sites excluding steroid dienone is 3. The molecule has 0 heterocycles. The van der Waals surface area contributed by atoms with E-state index in [1.165, 1.54) is 22.3 Å². The molecule has 0 N–H and O–H groups in total. The first-order valence-electron chi connectivity index (χ1n) is 5.67. The van der Waals surface area contributed by atoms with E-state index in [4.69, 9.17) is 0 Å². The maximum atomic E-state index is 4.05. The summed E-state index contributed by atoms with van der Waals surface area (Å²) in [6.07, 6.45) is 4.29. The lowest BCUT2D eigenvalue weighted by molar-refractivity contribution is 1.12. The largest absolute Gasteiger partial charge is 0.0955 e. The van der Waals surface area contributed by atoms with Crippen LogP contribution in [0.3, 0.4) is 0 Å². The van der Waals surface area contributed by atoms with E-state index >= 15 is 0 Å². The van der Waals surface area contributed by atoms with E-state index in [-0.39, 0.29) is 0 Å². The van der Waals surface area contributed by atoms with Crippen molar-refractivity contribution in [3.63, 3.8) is 0 Å². The Bertz CT molecular complexity index is 369. The summed E-state index contributed by atoms with van der Waals surface area (Å²) in [5, 5.41) is 0. The second-order valence-corrected chi connectivity index (χ2v) is 3.77. The first-order chi connectivity index (χ1) is 7.25. The van der Waals surface area contributed by atoms with E-state index in [9.17, 15) is 0 Å². The summed E-state index contributed by atoms with van der Waals surface area (Å²) < 4.78 is 0. The summed E-state index contributed by atoms with van der Waals surface area (Å²) >= 11 is 0. The molecule has 0 aliphatic heterocycles. The van der Waals surface area contributed by atoms with Crippen molar-refractivity contribution < 1.29 is 0 Å². The maximum Gasteiger partial charge on any atom is -0.00288 e. The predicted molar refractivity (Wildman–Crippen MR) is 68.1 cm³/mol. The Morgan fingerprint density at radius 1 is 1.00 bits per heavy atom. The summed E-state index contributed by atoms with van der Waals surface area (Å²) in [6, 6.07) is 8.63. The third kappa shape index (κ3) is 3.09. The maximum absolute atomic E-state index is 4.05. The third-order valence-electron chi connectivity index (χ3n) is 2.46. The fraction of sp³-hybridized carbons (Fsp3) is 0.333. The van der Waals surface area contributed by atoms with Crippen molar-refractivity contribution in [2.24, 2.45) is 0 Å². The molecule has 1 aromatic carbocycles. The second-order valence-electron chi connectivity index (χ2n) is 3.77. The summed E-state index contributed by atoms with van der Waals surface area (Å²) in [5.74, 6) is 0. The molecule has 0 bridgehead atoms. The van der Waals surface area contributed by atoms with Crippen LogP contribution in [-0.2, 0) is 12.8 Å². The fourth-order valence-electron chi connectivity index (χ4n) is 1.90. The van der Waals surface area contributed by atoms with Crippen LogP contribution in [-0.4, -0.2) is 0 Å². The molecule has 0 atom stereocenters. The number of fused-ring (bicyclic) bond motifs is 1. The minimum absolute atomic E-state index is 1.01. The standard InChI is InChI=1S/C13H14.C2H6/c1-10-7-11(2)9-13-6-4-3-5-12(13)8-10;1-2/h3-7H,1,8-9H2,2H3;1-2H3. The van der Waals surface area contributed by atoms with E-state index in [0.29, 0.717) is 0 Å². The molecule has 15 heavy (non-hydrogen) atoms. The van der Waals surface area contributed by atoms with Crippen molar-refractivity contribution in [3.8, 4) is 0 Å². The van der Waals surface area contributed by atoms with Crippen molar-refractivity contribution in [1.29, 1.82) is 0 Å². The van der Waals surface area contributed by atoms with Crippen LogP contribution >= 0.6 is 0 Å². The van der Waals surface area contributed by atoms with Crippen LogP contribution in [0.4, 0.5) is 0 Å². The molecule has 0 saturated carbocycles. The topological polar surface area (TPSA) is 0 Å². The molecule has 1 aliphatic rings. The quantitative estimate of drug-likeness (QED) is 0.585. The van der Waals surface area contributed by atoms with E-state index < -0.39 is 0 Å². The normalized spacial score (nSPS) is 14.3. The number of hydrogen-bond donors (Lipinski definition) is 0. The van der Waals surface area contributed by atoms with E-state index in [1.54, 1.807) is 0 Å². The predicted octanol–water partition coefficient (Wildman–Crippen LogP) is 4.31. The lowest BCUT2D eigenvalue weighted by Gasteiger charge is -2.04. The van der Waals surface area contributed by atoms with Gasteiger partial charge in [0.1, 0.15) is 0 Å². The Morgan fingerprint density at radius 2 is 1.53 bits per heavy atom. The molecule has 0 nitrogen and oxygen atoms in total. The van der Waals surface area contributed by atoms with Gasteiger partial charge < -0.3 is 0 Å². The van der Waals surface area contributed by atoms with Crippen LogP contribution in [0.5, 0.6) is 0 Å². The molecule has 0 fully saturated rings.